The van der Waals surface area contributed by atoms with E-state index in [0.29, 0.717) is 34.6 Å². The molecule has 1 unspecified atom stereocenters. The van der Waals surface area contributed by atoms with Gasteiger partial charge in [-0.05, 0) is 36.8 Å². The van der Waals surface area contributed by atoms with Gasteiger partial charge in [0.1, 0.15) is 5.82 Å². The summed E-state index contributed by atoms with van der Waals surface area (Å²) in [5.41, 5.74) is 1.44. The molecule has 7 heteroatoms. The van der Waals surface area contributed by atoms with E-state index in [1.165, 1.54) is 0 Å². The second-order valence-corrected chi connectivity index (χ2v) is 6.66. The minimum absolute atomic E-state index is 0.173. The first-order valence-electron chi connectivity index (χ1n) is 8.10. The molecule has 1 saturated heterocycles. The molecule has 25 heavy (non-hydrogen) atoms. The number of amides is 1. The lowest BCUT2D eigenvalue weighted by Crippen LogP contribution is -2.38. The van der Waals surface area contributed by atoms with Crippen molar-refractivity contribution in [2.24, 2.45) is 0 Å². The fourth-order valence-electron chi connectivity index (χ4n) is 2.74. The number of halogens is 2. The van der Waals surface area contributed by atoms with Crippen molar-refractivity contribution >= 4 is 34.9 Å². The third-order valence-electron chi connectivity index (χ3n) is 4.13. The average molecular weight is 380 g/mol. The molecule has 5 nitrogen and oxygen atoms in total. The van der Waals surface area contributed by atoms with Gasteiger partial charge in [-0.15, -0.1) is 0 Å². The average Bonchev–Trinajstić information content (AvgIpc) is 2.64. The van der Waals surface area contributed by atoms with Gasteiger partial charge in [0.2, 0.25) is 0 Å². The Balaban J connectivity index is 1.77. The van der Waals surface area contributed by atoms with E-state index in [4.69, 9.17) is 27.9 Å². The Morgan fingerprint density at radius 1 is 1.24 bits per heavy atom. The van der Waals surface area contributed by atoms with Gasteiger partial charge in [-0.25, -0.2) is 4.98 Å². The van der Waals surface area contributed by atoms with Crippen molar-refractivity contribution in [3.8, 4) is 0 Å². The van der Waals surface area contributed by atoms with Crippen LogP contribution in [-0.4, -0.2) is 37.2 Å². The summed E-state index contributed by atoms with van der Waals surface area (Å²) in [7, 11) is 0. The highest BCUT2D eigenvalue weighted by Gasteiger charge is 2.21. The molecule has 0 radical (unpaired) electrons. The summed E-state index contributed by atoms with van der Waals surface area (Å²) in [5, 5.41) is 3.96. The molecule has 1 aliphatic heterocycles. The van der Waals surface area contributed by atoms with Gasteiger partial charge in [0, 0.05) is 19.3 Å². The Bertz CT molecular complexity index is 764. The molecule has 1 aromatic heterocycles. The quantitative estimate of drug-likeness (QED) is 0.879. The van der Waals surface area contributed by atoms with Crippen molar-refractivity contribution in [2.45, 2.75) is 13.0 Å². The Morgan fingerprint density at radius 2 is 2.00 bits per heavy atom. The first-order valence-corrected chi connectivity index (χ1v) is 8.85. The van der Waals surface area contributed by atoms with E-state index >= 15 is 0 Å². The van der Waals surface area contributed by atoms with E-state index < -0.39 is 0 Å². The summed E-state index contributed by atoms with van der Waals surface area (Å²) in [4.78, 5) is 19.2. The number of benzene rings is 1. The number of rotatable bonds is 4. The minimum Gasteiger partial charge on any atom is -0.378 e. The molecule has 0 saturated carbocycles. The second-order valence-electron chi connectivity index (χ2n) is 5.84. The van der Waals surface area contributed by atoms with Gasteiger partial charge in [0.05, 0.1) is 34.9 Å². The highest BCUT2D eigenvalue weighted by atomic mass is 35.5. The van der Waals surface area contributed by atoms with Crippen LogP contribution in [0.25, 0.3) is 0 Å². The van der Waals surface area contributed by atoms with E-state index in [0.717, 1.165) is 18.7 Å². The number of anilines is 1. The number of pyridine rings is 1. The highest BCUT2D eigenvalue weighted by Crippen LogP contribution is 2.26. The van der Waals surface area contributed by atoms with Gasteiger partial charge in [-0.2, -0.15) is 0 Å². The Labute approximate surface area is 156 Å². The molecule has 2 aromatic rings. The summed E-state index contributed by atoms with van der Waals surface area (Å²) in [5.74, 6) is 0.512. The first kappa shape index (κ1) is 18.0. The predicted octanol–water partition coefficient (Wildman–Crippen LogP) is 3.72. The molecule has 0 aliphatic carbocycles. The number of nitrogens with zero attached hydrogens (tertiary/aromatic N) is 2. The summed E-state index contributed by atoms with van der Waals surface area (Å²) in [6.07, 6.45) is 1.70. The molecule has 1 aliphatic rings. The molecule has 1 amide bonds. The van der Waals surface area contributed by atoms with Crippen LogP contribution in [-0.2, 0) is 4.74 Å². The van der Waals surface area contributed by atoms with Crippen molar-refractivity contribution in [1.82, 2.24) is 10.3 Å². The molecule has 3 rings (SSSR count). The third kappa shape index (κ3) is 4.24. The molecule has 1 N–H and O–H groups in total. The summed E-state index contributed by atoms with van der Waals surface area (Å²) in [6, 6.07) is 8.69. The van der Waals surface area contributed by atoms with Gasteiger partial charge in [-0.3, -0.25) is 4.79 Å². The van der Waals surface area contributed by atoms with E-state index in [1.54, 1.807) is 30.5 Å². The number of aromatic nitrogens is 1. The van der Waals surface area contributed by atoms with Crippen LogP contribution in [0.2, 0.25) is 10.0 Å². The monoisotopic (exact) mass is 379 g/mol. The first-order chi connectivity index (χ1) is 12.1. The number of hydrogen-bond donors (Lipinski definition) is 1. The van der Waals surface area contributed by atoms with Crippen molar-refractivity contribution in [1.29, 1.82) is 0 Å². The van der Waals surface area contributed by atoms with Crippen molar-refractivity contribution < 1.29 is 9.53 Å². The normalized spacial score (nSPS) is 15.7. The Morgan fingerprint density at radius 3 is 2.72 bits per heavy atom. The third-order valence-corrected chi connectivity index (χ3v) is 4.87. The zero-order valence-electron chi connectivity index (χ0n) is 13.8. The maximum atomic E-state index is 12.8. The topological polar surface area (TPSA) is 54.5 Å². The van der Waals surface area contributed by atoms with Crippen LogP contribution in [0.15, 0.2) is 36.5 Å². The number of carbonyl (C=O) groups excluding carboxylic acids is 1. The molecule has 132 valence electrons. The molecular formula is C18H19Cl2N3O2. The maximum Gasteiger partial charge on any atom is 0.255 e. The largest absolute Gasteiger partial charge is 0.378 e. The minimum atomic E-state index is -0.208. The zero-order valence-corrected chi connectivity index (χ0v) is 15.3. The molecule has 2 heterocycles. The standard InChI is InChI=1S/C18H19Cl2N3O2/c1-12(13-4-5-15(19)16(20)11-13)22-18(24)14-3-2-6-21-17(14)23-7-9-25-10-8-23/h2-6,11-12H,7-10H2,1H3,(H,22,24). The number of ether oxygens (including phenoxy) is 1. The van der Waals surface area contributed by atoms with Gasteiger partial charge in [-0.1, -0.05) is 29.3 Å². The molecule has 0 bridgehead atoms. The number of nitrogens with one attached hydrogen (secondary N) is 1. The van der Waals surface area contributed by atoms with Crippen LogP contribution in [0.5, 0.6) is 0 Å². The zero-order chi connectivity index (χ0) is 17.8. The summed E-state index contributed by atoms with van der Waals surface area (Å²) < 4.78 is 5.37. The van der Waals surface area contributed by atoms with Crippen molar-refractivity contribution in [2.75, 3.05) is 31.2 Å². The van der Waals surface area contributed by atoms with Gasteiger partial charge in [0.15, 0.2) is 0 Å². The Kier molecular flexibility index (Phi) is 5.78. The van der Waals surface area contributed by atoms with Crippen LogP contribution < -0.4 is 10.2 Å². The molecule has 1 aromatic carbocycles. The van der Waals surface area contributed by atoms with Crippen molar-refractivity contribution in [3.63, 3.8) is 0 Å². The van der Waals surface area contributed by atoms with Crippen LogP contribution >= 0.6 is 23.2 Å². The van der Waals surface area contributed by atoms with E-state index in [-0.39, 0.29) is 11.9 Å². The number of hydrogen-bond acceptors (Lipinski definition) is 4. The van der Waals surface area contributed by atoms with Crippen LogP contribution in [0.3, 0.4) is 0 Å². The van der Waals surface area contributed by atoms with Gasteiger partial charge >= 0.3 is 0 Å². The SMILES string of the molecule is CC(NC(=O)c1cccnc1N1CCOCC1)c1ccc(Cl)c(Cl)c1. The number of morpholine rings is 1. The highest BCUT2D eigenvalue weighted by molar-refractivity contribution is 6.42. The van der Waals surface area contributed by atoms with E-state index in [2.05, 4.69) is 15.2 Å². The van der Waals surface area contributed by atoms with Gasteiger partial charge < -0.3 is 15.0 Å². The fraction of sp³-hybridized carbons (Fsp3) is 0.333. The molecule has 0 spiro atoms. The van der Waals surface area contributed by atoms with Crippen LogP contribution in [0.1, 0.15) is 28.9 Å². The van der Waals surface area contributed by atoms with Crippen LogP contribution in [0, 0.1) is 0 Å². The lowest BCUT2D eigenvalue weighted by Gasteiger charge is -2.29. The van der Waals surface area contributed by atoms with E-state index in [1.807, 2.05) is 13.0 Å². The van der Waals surface area contributed by atoms with Gasteiger partial charge in [0.25, 0.3) is 5.91 Å². The molecular weight excluding hydrogens is 361 g/mol. The fourth-order valence-corrected chi connectivity index (χ4v) is 3.05. The summed E-state index contributed by atoms with van der Waals surface area (Å²) >= 11 is 12.0. The second kappa shape index (κ2) is 8.04. The molecule has 1 atom stereocenters. The number of carbonyl (C=O) groups is 1. The van der Waals surface area contributed by atoms with Crippen LogP contribution in [0.4, 0.5) is 5.82 Å². The predicted molar refractivity (Wildman–Crippen MR) is 99.6 cm³/mol. The lowest BCUT2D eigenvalue weighted by molar-refractivity contribution is 0.0938. The smallest absolute Gasteiger partial charge is 0.255 e. The lowest BCUT2D eigenvalue weighted by atomic mass is 10.1. The maximum absolute atomic E-state index is 12.8. The van der Waals surface area contributed by atoms with E-state index in [9.17, 15) is 4.79 Å². The van der Waals surface area contributed by atoms with Crippen molar-refractivity contribution in [3.05, 3.63) is 57.7 Å². The molecule has 1 fully saturated rings. The Hall–Kier alpha value is -1.82. The summed E-state index contributed by atoms with van der Waals surface area (Å²) in [6.45, 7) is 4.62.